The fourth-order valence-electron chi connectivity index (χ4n) is 3.05. The molecule has 0 saturated carbocycles. The molecule has 4 unspecified atom stereocenters. The fraction of sp³-hybridized carbons (Fsp3) is 0.667. The van der Waals surface area contributed by atoms with Crippen molar-refractivity contribution in [1.29, 1.82) is 0 Å². The second-order valence-electron chi connectivity index (χ2n) is 4.47. The van der Waals surface area contributed by atoms with E-state index in [0.717, 1.165) is 24.4 Å². The van der Waals surface area contributed by atoms with Gasteiger partial charge >= 0.3 is 0 Å². The van der Waals surface area contributed by atoms with Crippen LogP contribution in [0.2, 0.25) is 0 Å². The van der Waals surface area contributed by atoms with Gasteiger partial charge in [0, 0.05) is 0 Å². The van der Waals surface area contributed by atoms with Crippen LogP contribution in [0.3, 0.4) is 0 Å². The topological polar surface area (TPSA) is 9.23 Å². The number of hydrogen-bond donors (Lipinski definition) is 0. The highest BCUT2D eigenvalue weighted by Gasteiger charge is 2.39. The van der Waals surface area contributed by atoms with Crippen molar-refractivity contribution < 1.29 is 4.74 Å². The molecule has 1 aliphatic heterocycles. The molecule has 2 aliphatic carbocycles. The van der Waals surface area contributed by atoms with Crippen LogP contribution in [0.25, 0.3) is 0 Å². The normalized spacial score (nSPS) is 47.4. The van der Waals surface area contributed by atoms with E-state index in [1.54, 1.807) is 0 Å². The Bertz CT molecular complexity index is 254. The Balaban J connectivity index is 1.86. The van der Waals surface area contributed by atoms with Crippen LogP contribution in [0.15, 0.2) is 24.3 Å². The zero-order chi connectivity index (χ0) is 8.67. The van der Waals surface area contributed by atoms with Gasteiger partial charge in [0.15, 0.2) is 0 Å². The summed E-state index contributed by atoms with van der Waals surface area (Å²) in [4.78, 5) is 0. The molecule has 0 radical (unpaired) electrons. The van der Waals surface area contributed by atoms with Crippen LogP contribution in [0.5, 0.6) is 0 Å². The molecule has 1 heteroatoms. The van der Waals surface area contributed by atoms with Crippen molar-refractivity contribution in [2.45, 2.75) is 25.4 Å². The first kappa shape index (κ1) is 7.81. The molecule has 4 atom stereocenters. The van der Waals surface area contributed by atoms with E-state index in [1.807, 2.05) is 0 Å². The second-order valence-corrected chi connectivity index (χ2v) is 4.47. The van der Waals surface area contributed by atoms with Crippen LogP contribution in [-0.4, -0.2) is 12.7 Å². The molecule has 0 spiro atoms. The average Bonchev–Trinajstić information content (AvgIpc) is 2.65. The van der Waals surface area contributed by atoms with Crippen molar-refractivity contribution >= 4 is 0 Å². The van der Waals surface area contributed by atoms with Crippen LogP contribution >= 0.6 is 0 Å². The maximum absolute atomic E-state index is 5.87. The summed E-state index contributed by atoms with van der Waals surface area (Å²) in [6.07, 6.45) is 13.6. The third kappa shape index (κ3) is 1.18. The summed E-state index contributed by atoms with van der Waals surface area (Å²) in [5.41, 5.74) is 0. The van der Waals surface area contributed by atoms with Gasteiger partial charge in [-0.05, 0) is 37.0 Å². The molecule has 0 amide bonds. The highest BCUT2D eigenvalue weighted by molar-refractivity contribution is 5.11. The second kappa shape index (κ2) is 2.98. The quantitative estimate of drug-likeness (QED) is 0.515. The predicted octanol–water partition coefficient (Wildman–Crippen LogP) is 2.54. The Morgan fingerprint density at radius 2 is 2.15 bits per heavy atom. The minimum atomic E-state index is 0.428. The molecule has 1 heterocycles. The van der Waals surface area contributed by atoms with Crippen LogP contribution in [0, 0.1) is 17.8 Å². The van der Waals surface area contributed by atoms with Crippen molar-refractivity contribution in [1.82, 2.24) is 0 Å². The molecular formula is C12H16O. The number of allylic oxidation sites excluding steroid dienone is 3. The maximum Gasteiger partial charge on any atom is 0.0789 e. The maximum atomic E-state index is 5.87. The number of fused-ring (bicyclic) bond motifs is 3. The molecule has 0 aromatic heterocycles. The molecule has 1 fully saturated rings. The van der Waals surface area contributed by atoms with Crippen LogP contribution in [-0.2, 0) is 4.74 Å². The molecule has 70 valence electrons. The highest BCUT2D eigenvalue weighted by Crippen LogP contribution is 2.42. The largest absolute Gasteiger partial charge is 0.374 e. The predicted molar refractivity (Wildman–Crippen MR) is 52.3 cm³/mol. The molecule has 1 saturated heterocycles. The molecule has 0 aromatic rings. The van der Waals surface area contributed by atoms with E-state index in [9.17, 15) is 0 Å². The third-order valence-electron chi connectivity index (χ3n) is 3.75. The zero-order valence-corrected chi connectivity index (χ0v) is 7.86. The summed E-state index contributed by atoms with van der Waals surface area (Å²) in [6, 6.07) is 0. The first-order chi connectivity index (χ1) is 6.45. The number of ether oxygens (including phenoxy) is 1. The standard InChI is InChI=1S/C12H16O/c1-2-7-12-11(5-1)10-6-3-4-9(10)8-13-12/h2-3,6-7,9-12H,1,4-5,8H2. The Kier molecular flexibility index (Phi) is 1.79. The van der Waals surface area contributed by atoms with Gasteiger partial charge in [-0.1, -0.05) is 24.3 Å². The van der Waals surface area contributed by atoms with Crippen LogP contribution < -0.4 is 0 Å². The Morgan fingerprint density at radius 3 is 3.15 bits per heavy atom. The van der Waals surface area contributed by atoms with Gasteiger partial charge in [0.1, 0.15) is 0 Å². The first-order valence-electron chi connectivity index (χ1n) is 5.40. The van der Waals surface area contributed by atoms with E-state index in [2.05, 4.69) is 24.3 Å². The SMILES string of the molecule is C1=CC2OCC3CC=CC3C2CC1. The molecule has 1 nitrogen and oxygen atoms in total. The smallest absolute Gasteiger partial charge is 0.0789 e. The lowest BCUT2D eigenvalue weighted by Crippen LogP contribution is -2.40. The minimum absolute atomic E-state index is 0.428. The van der Waals surface area contributed by atoms with Crippen LogP contribution in [0.1, 0.15) is 19.3 Å². The van der Waals surface area contributed by atoms with Gasteiger partial charge in [-0.2, -0.15) is 0 Å². The average molecular weight is 176 g/mol. The van der Waals surface area contributed by atoms with E-state index < -0.39 is 0 Å². The summed E-state index contributed by atoms with van der Waals surface area (Å²) in [5, 5.41) is 0. The monoisotopic (exact) mass is 176 g/mol. The lowest BCUT2D eigenvalue weighted by atomic mass is 9.74. The molecule has 0 bridgehead atoms. The van der Waals surface area contributed by atoms with Gasteiger partial charge in [-0.25, -0.2) is 0 Å². The minimum Gasteiger partial charge on any atom is -0.374 e. The Morgan fingerprint density at radius 1 is 1.15 bits per heavy atom. The lowest BCUT2D eigenvalue weighted by Gasteiger charge is -2.40. The number of rotatable bonds is 0. The molecule has 3 rings (SSSR count). The molecule has 13 heavy (non-hydrogen) atoms. The van der Waals surface area contributed by atoms with Gasteiger partial charge < -0.3 is 4.74 Å². The van der Waals surface area contributed by atoms with Crippen molar-refractivity contribution in [2.24, 2.45) is 17.8 Å². The van der Waals surface area contributed by atoms with Crippen molar-refractivity contribution in [3.8, 4) is 0 Å². The van der Waals surface area contributed by atoms with Gasteiger partial charge in [0.05, 0.1) is 12.7 Å². The van der Waals surface area contributed by atoms with Crippen molar-refractivity contribution in [2.75, 3.05) is 6.61 Å². The summed E-state index contributed by atoms with van der Waals surface area (Å²) >= 11 is 0. The van der Waals surface area contributed by atoms with Crippen molar-refractivity contribution in [3.63, 3.8) is 0 Å². The molecular weight excluding hydrogens is 160 g/mol. The van der Waals surface area contributed by atoms with E-state index >= 15 is 0 Å². The van der Waals surface area contributed by atoms with Gasteiger partial charge in [0.2, 0.25) is 0 Å². The molecule has 0 aromatic carbocycles. The third-order valence-corrected chi connectivity index (χ3v) is 3.75. The highest BCUT2D eigenvalue weighted by atomic mass is 16.5. The van der Waals surface area contributed by atoms with Gasteiger partial charge in [-0.3, -0.25) is 0 Å². The number of hydrogen-bond acceptors (Lipinski definition) is 1. The van der Waals surface area contributed by atoms with E-state index in [4.69, 9.17) is 4.74 Å². The summed E-state index contributed by atoms with van der Waals surface area (Å²) in [7, 11) is 0. The van der Waals surface area contributed by atoms with Crippen LogP contribution in [0.4, 0.5) is 0 Å². The molecule has 3 aliphatic rings. The van der Waals surface area contributed by atoms with E-state index in [0.29, 0.717) is 6.10 Å². The summed E-state index contributed by atoms with van der Waals surface area (Å²) in [5.74, 6) is 2.40. The lowest BCUT2D eigenvalue weighted by molar-refractivity contribution is -0.0551. The van der Waals surface area contributed by atoms with Gasteiger partial charge in [-0.15, -0.1) is 0 Å². The van der Waals surface area contributed by atoms with Crippen molar-refractivity contribution in [3.05, 3.63) is 24.3 Å². The fourth-order valence-corrected chi connectivity index (χ4v) is 3.05. The summed E-state index contributed by atoms with van der Waals surface area (Å²) < 4.78 is 5.87. The first-order valence-corrected chi connectivity index (χ1v) is 5.40. The Hall–Kier alpha value is -0.560. The zero-order valence-electron chi connectivity index (χ0n) is 7.86. The molecule has 0 N–H and O–H groups in total. The van der Waals surface area contributed by atoms with Gasteiger partial charge in [0.25, 0.3) is 0 Å². The van der Waals surface area contributed by atoms with E-state index in [1.165, 1.54) is 19.3 Å². The van der Waals surface area contributed by atoms with E-state index in [-0.39, 0.29) is 0 Å². The Labute approximate surface area is 79.5 Å². The summed E-state index contributed by atoms with van der Waals surface area (Å²) in [6.45, 7) is 0.975.